The zero-order chi connectivity index (χ0) is 18.1. The van der Waals surface area contributed by atoms with Crippen molar-refractivity contribution < 1.29 is 14.2 Å². The fourth-order valence-corrected chi connectivity index (χ4v) is 2.56. The van der Waals surface area contributed by atoms with Gasteiger partial charge in [-0.2, -0.15) is 0 Å². The number of nitrogens with zero attached hydrogens (tertiary/aromatic N) is 1. The molecule has 0 spiro atoms. The average molecular weight is 339 g/mol. The van der Waals surface area contributed by atoms with Crippen LogP contribution in [0.1, 0.15) is 36.6 Å². The van der Waals surface area contributed by atoms with Crippen molar-refractivity contribution in [1.82, 2.24) is 0 Å². The van der Waals surface area contributed by atoms with Crippen molar-refractivity contribution in [3.05, 3.63) is 71.3 Å². The van der Waals surface area contributed by atoms with Gasteiger partial charge >= 0.3 is 0 Å². The zero-order valence-electron chi connectivity index (χ0n) is 15.3. The van der Waals surface area contributed by atoms with E-state index in [2.05, 4.69) is 17.1 Å². The molecule has 0 N–H and O–H groups in total. The van der Waals surface area contributed by atoms with Crippen LogP contribution in [0, 0.1) is 19.1 Å². The third-order valence-corrected chi connectivity index (χ3v) is 3.82. The molecule has 0 saturated carbocycles. The number of rotatable bonds is 8. The highest BCUT2D eigenvalue weighted by molar-refractivity contribution is 5.73. The SMILES string of the molecule is COCOC(c1ccc#cc1C)C(C)OC(C)=NCc1ccccc1. The maximum absolute atomic E-state index is 5.99. The van der Waals surface area contributed by atoms with Crippen LogP contribution in [0.4, 0.5) is 0 Å². The minimum Gasteiger partial charge on any atom is -0.475 e. The minimum atomic E-state index is -0.271. The summed E-state index contributed by atoms with van der Waals surface area (Å²) in [6, 6.07) is 19.9. The molecule has 2 unspecified atom stereocenters. The normalized spacial score (nSPS) is 13.8. The molecule has 132 valence electrons. The molecule has 0 bridgehead atoms. The average Bonchev–Trinajstić information content (AvgIpc) is 2.62. The number of hydrogen-bond donors (Lipinski definition) is 0. The second kappa shape index (κ2) is 9.83. The Hall–Kier alpha value is -2.35. The first kappa shape index (κ1) is 19.0. The molecule has 0 heterocycles. The van der Waals surface area contributed by atoms with Gasteiger partial charge in [-0.1, -0.05) is 42.5 Å². The molecule has 4 nitrogen and oxygen atoms in total. The molecule has 0 saturated heterocycles. The van der Waals surface area contributed by atoms with E-state index in [1.165, 1.54) is 0 Å². The summed E-state index contributed by atoms with van der Waals surface area (Å²) >= 11 is 0. The lowest BCUT2D eigenvalue weighted by Gasteiger charge is -2.25. The maximum Gasteiger partial charge on any atom is 0.180 e. The zero-order valence-corrected chi connectivity index (χ0v) is 15.3. The first-order chi connectivity index (χ1) is 12.1. The van der Waals surface area contributed by atoms with E-state index in [0.29, 0.717) is 12.4 Å². The second-order valence-corrected chi connectivity index (χ2v) is 5.82. The predicted octanol–water partition coefficient (Wildman–Crippen LogP) is 4.28. The number of hydrogen-bond acceptors (Lipinski definition) is 4. The summed E-state index contributed by atoms with van der Waals surface area (Å²) in [6.07, 6.45) is -0.489. The van der Waals surface area contributed by atoms with Gasteiger partial charge in [-0.15, -0.1) is 0 Å². The first-order valence-corrected chi connectivity index (χ1v) is 8.33. The Bertz CT molecular complexity index is 670. The maximum atomic E-state index is 5.99. The molecular weight excluding hydrogens is 314 g/mol. The third-order valence-electron chi connectivity index (χ3n) is 3.82. The highest BCUT2D eigenvalue weighted by Crippen LogP contribution is 2.25. The number of methoxy groups -OCH3 is 1. The highest BCUT2D eigenvalue weighted by Gasteiger charge is 2.23. The summed E-state index contributed by atoms with van der Waals surface area (Å²) in [6.45, 7) is 6.60. The van der Waals surface area contributed by atoms with Crippen LogP contribution in [0.5, 0.6) is 0 Å². The van der Waals surface area contributed by atoms with E-state index in [-0.39, 0.29) is 19.0 Å². The summed E-state index contributed by atoms with van der Waals surface area (Å²) in [5.74, 6) is 0.631. The molecular formula is C21H25NO3. The number of ether oxygens (including phenoxy) is 3. The summed E-state index contributed by atoms with van der Waals surface area (Å²) < 4.78 is 16.9. The summed E-state index contributed by atoms with van der Waals surface area (Å²) in [7, 11) is 1.60. The lowest BCUT2D eigenvalue weighted by atomic mass is 10.0. The Morgan fingerprint density at radius 3 is 2.64 bits per heavy atom. The van der Waals surface area contributed by atoms with Gasteiger partial charge in [0.05, 0.1) is 6.54 Å². The molecule has 0 amide bonds. The Kier molecular flexibility index (Phi) is 7.46. The lowest BCUT2D eigenvalue weighted by molar-refractivity contribution is -0.107. The molecule has 0 fully saturated rings. The minimum absolute atomic E-state index is 0.191. The monoisotopic (exact) mass is 339 g/mol. The van der Waals surface area contributed by atoms with Gasteiger partial charge in [-0.05, 0) is 37.1 Å². The van der Waals surface area contributed by atoms with Gasteiger partial charge in [0.15, 0.2) is 5.90 Å². The van der Waals surface area contributed by atoms with E-state index >= 15 is 0 Å². The van der Waals surface area contributed by atoms with Gasteiger partial charge in [0, 0.05) is 19.6 Å². The topological polar surface area (TPSA) is 40.0 Å². The van der Waals surface area contributed by atoms with Crippen molar-refractivity contribution in [1.29, 1.82) is 0 Å². The van der Waals surface area contributed by atoms with Crippen molar-refractivity contribution >= 4 is 5.90 Å². The van der Waals surface area contributed by atoms with Gasteiger partial charge in [0.25, 0.3) is 0 Å². The van der Waals surface area contributed by atoms with Crippen molar-refractivity contribution in [3.63, 3.8) is 0 Å². The van der Waals surface area contributed by atoms with Gasteiger partial charge < -0.3 is 14.2 Å². The van der Waals surface area contributed by atoms with Crippen LogP contribution in [0.15, 0.2) is 47.5 Å². The Morgan fingerprint density at radius 1 is 1.20 bits per heavy atom. The molecule has 0 aliphatic rings. The Morgan fingerprint density at radius 2 is 1.96 bits per heavy atom. The van der Waals surface area contributed by atoms with Crippen molar-refractivity contribution in [2.24, 2.45) is 4.99 Å². The molecule has 4 heteroatoms. The summed E-state index contributed by atoms with van der Waals surface area (Å²) in [4.78, 5) is 4.51. The van der Waals surface area contributed by atoms with E-state index in [4.69, 9.17) is 14.2 Å². The van der Waals surface area contributed by atoms with Crippen LogP contribution in [0.3, 0.4) is 0 Å². The third kappa shape index (κ3) is 5.90. The van der Waals surface area contributed by atoms with Crippen molar-refractivity contribution in [2.75, 3.05) is 13.9 Å². The molecule has 25 heavy (non-hydrogen) atoms. The van der Waals surface area contributed by atoms with Gasteiger partial charge in [0.1, 0.15) is 19.0 Å². The van der Waals surface area contributed by atoms with Crippen LogP contribution in [0.2, 0.25) is 0 Å². The quantitative estimate of drug-likeness (QED) is 0.409. The Labute approximate surface area is 150 Å². The van der Waals surface area contributed by atoms with Crippen molar-refractivity contribution in [3.8, 4) is 0 Å². The predicted molar refractivity (Wildman–Crippen MR) is 98.4 cm³/mol. The van der Waals surface area contributed by atoms with E-state index in [1.807, 2.05) is 63.2 Å². The van der Waals surface area contributed by atoms with Crippen LogP contribution in [0.25, 0.3) is 0 Å². The van der Waals surface area contributed by atoms with Crippen LogP contribution < -0.4 is 0 Å². The largest absolute Gasteiger partial charge is 0.475 e. The molecule has 0 aromatic heterocycles. The van der Waals surface area contributed by atoms with E-state index in [1.54, 1.807) is 7.11 Å². The Balaban J connectivity index is 2.05. The first-order valence-electron chi connectivity index (χ1n) is 8.33. The smallest absolute Gasteiger partial charge is 0.180 e. The van der Waals surface area contributed by atoms with E-state index in [9.17, 15) is 0 Å². The molecule has 2 aromatic rings. The standard InChI is InChI=1S/C21H25NO3/c1-16-10-8-9-13-20(16)21(24-15-23-4)17(2)25-18(3)22-14-19-11-6-5-7-12-19/h5-7,9,11-13,17,21H,14-15H2,1-4H3. The van der Waals surface area contributed by atoms with Gasteiger partial charge in [-0.3, -0.25) is 4.99 Å². The number of aliphatic imine (C=N–C) groups is 1. The summed E-state index contributed by atoms with van der Waals surface area (Å²) in [5, 5.41) is 0. The van der Waals surface area contributed by atoms with Crippen LogP contribution in [-0.4, -0.2) is 25.9 Å². The fourth-order valence-electron chi connectivity index (χ4n) is 2.56. The molecule has 2 rings (SSSR count). The molecule has 0 aliphatic carbocycles. The lowest BCUT2D eigenvalue weighted by Crippen LogP contribution is -2.25. The van der Waals surface area contributed by atoms with Crippen LogP contribution >= 0.6 is 0 Å². The second-order valence-electron chi connectivity index (χ2n) is 5.82. The van der Waals surface area contributed by atoms with Gasteiger partial charge in [-0.25, -0.2) is 0 Å². The highest BCUT2D eigenvalue weighted by atomic mass is 16.7. The summed E-state index contributed by atoms with van der Waals surface area (Å²) in [5.41, 5.74) is 3.14. The van der Waals surface area contributed by atoms with Crippen LogP contribution in [-0.2, 0) is 20.8 Å². The molecule has 0 radical (unpaired) electrons. The molecule has 2 atom stereocenters. The van der Waals surface area contributed by atoms with E-state index in [0.717, 1.165) is 16.7 Å². The molecule has 0 aliphatic heterocycles. The van der Waals surface area contributed by atoms with Gasteiger partial charge in [0.2, 0.25) is 0 Å². The van der Waals surface area contributed by atoms with E-state index < -0.39 is 0 Å². The number of benzene rings is 1. The molecule has 2 aromatic carbocycles. The van der Waals surface area contributed by atoms with Crippen molar-refractivity contribution in [2.45, 2.75) is 39.5 Å². The fraction of sp³-hybridized carbons (Fsp3) is 0.381.